The van der Waals surface area contributed by atoms with Crippen LogP contribution < -0.4 is 5.32 Å². The van der Waals surface area contributed by atoms with Crippen LogP contribution in [0.15, 0.2) is 24.3 Å². The molecule has 0 aliphatic heterocycles. The van der Waals surface area contributed by atoms with Gasteiger partial charge in [0.25, 0.3) is 0 Å². The molecule has 0 amide bonds. The van der Waals surface area contributed by atoms with E-state index in [0.29, 0.717) is 6.42 Å². The van der Waals surface area contributed by atoms with Crippen LogP contribution in [-0.2, 0) is 0 Å². The number of hydrogen-bond donors (Lipinski definition) is 1. The Bertz CT molecular complexity index is 386. The molecule has 1 nitrogen and oxygen atoms in total. The van der Waals surface area contributed by atoms with Crippen LogP contribution in [0.25, 0.3) is 0 Å². The van der Waals surface area contributed by atoms with Crippen molar-refractivity contribution in [2.75, 3.05) is 6.54 Å². The first-order valence-electron chi connectivity index (χ1n) is 6.69. The monoisotopic (exact) mass is 253 g/mol. The molecule has 0 bridgehead atoms. The Morgan fingerprint density at radius 1 is 1.33 bits per heavy atom. The topological polar surface area (TPSA) is 12.0 Å². The molecule has 0 radical (unpaired) electrons. The van der Waals surface area contributed by atoms with Crippen LogP contribution in [0.2, 0.25) is 0 Å². The van der Waals surface area contributed by atoms with Crippen molar-refractivity contribution in [2.24, 2.45) is 5.92 Å². The lowest BCUT2D eigenvalue weighted by Crippen LogP contribution is -2.28. The normalized spacial score (nSPS) is 24.1. The van der Waals surface area contributed by atoms with Crippen molar-refractivity contribution in [1.82, 2.24) is 5.32 Å². The largest absolute Gasteiger partial charge is 0.310 e. The molecule has 18 heavy (non-hydrogen) atoms. The maximum Gasteiger partial charge on any atom is 0.248 e. The summed E-state index contributed by atoms with van der Waals surface area (Å²) < 4.78 is 26.7. The summed E-state index contributed by atoms with van der Waals surface area (Å²) in [6, 6.07) is 8.27. The average molecular weight is 253 g/mol. The highest BCUT2D eigenvalue weighted by atomic mass is 19.3. The van der Waals surface area contributed by atoms with Crippen LogP contribution >= 0.6 is 0 Å². The molecule has 2 rings (SSSR count). The fourth-order valence-corrected chi connectivity index (χ4v) is 2.82. The molecule has 0 heterocycles. The van der Waals surface area contributed by atoms with Gasteiger partial charge < -0.3 is 5.32 Å². The van der Waals surface area contributed by atoms with E-state index >= 15 is 0 Å². The van der Waals surface area contributed by atoms with E-state index in [4.69, 9.17) is 0 Å². The van der Waals surface area contributed by atoms with Gasteiger partial charge in [-0.2, -0.15) is 0 Å². The van der Waals surface area contributed by atoms with E-state index in [-0.39, 0.29) is 24.8 Å². The molecule has 1 aliphatic carbocycles. The van der Waals surface area contributed by atoms with E-state index in [2.05, 4.69) is 17.4 Å². The Hall–Kier alpha value is -0.960. The molecule has 100 valence electrons. The molecule has 1 aromatic carbocycles. The van der Waals surface area contributed by atoms with Crippen molar-refractivity contribution >= 4 is 0 Å². The van der Waals surface area contributed by atoms with Crippen molar-refractivity contribution in [1.29, 1.82) is 0 Å². The zero-order valence-electron chi connectivity index (χ0n) is 11.0. The maximum atomic E-state index is 13.3. The van der Waals surface area contributed by atoms with Crippen LogP contribution in [0.5, 0.6) is 0 Å². The summed E-state index contributed by atoms with van der Waals surface area (Å²) in [6.07, 6.45) is 0.655. The molecule has 2 unspecified atom stereocenters. The zero-order valence-corrected chi connectivity index (χ0v) is 11.0. The van der Waals surface area contributed by atoms with Crippen LogP contribution in [0.1, 0.15) is 43.4 Å². The van der Waals surface area contributed by atoms with Crippen LogP contribution in [0.4, 0.5) is 8.78 Å². The summed E-state index contributed by atoms with van der Waals surface area (Å²) in [7, 11) is 0. The highest BCUT2D eigenvalue weighted by molar-refractivity contribution is 5.25. The third-order valence-corrected chi connectivity index (χ3v) is 3.77. The van der Waals surface area contributed by atoms with E-state index in [0.717, 1.165) is 12.1 Å². The van der Waals surface area contributed by atoms with Crippen molar-refractivity contribution in [3.05, 3.63) is 35.4 Å². The summed E-state index contributed by atoms with van der Waals surface area (Å²) in [5.74, 6) is -2.43. The molecule has 3 heteroatoms. The molecule has 1 fully saturated rings. The zero-order chi connectivity index (χ0) is 13.2. The van der Waals surface area contributed by atoms with Gasteiger partial charge in [0.15, 0.2) is 0 Å². The number of benzene rings is 1. The third kappa shape index (κ3) is 3.08. The average Bonchev–Trinajstić information content (AvgIpc) is 2.68. The number of hydrogen-bond acceptors (Lipinski definition) is 1. The first-order chi connectivity index (χ1) is 8.52. The van der Waals surface area contributed by atoms with Gasteiger partial charge in [-0.15, -0.1) is 0 Å². The number of alkyl halides is 2. The van der Waals surface area contributed by atoms with Gasteiger partial charge in [0.2, 0.25) is 5.92 Å². The molecule has 0 spiro atoms. The second kappa shape index (κ2) is 5.35. The maximum absolute atomic E-state index is 13.3. The lowest BCUT2D eigenvalue weighted by Gasteiger charge is -2.25. The molecule has 1 saturated carbocycles. The molecule has 1 N–H and O–H groups in total. The molecule has 0 saturated heterocycles. The van der Waals surface area contributed by atoms with Gasteiger partial charge in [-0.1, -0.05) is 36.8 Å². The first kappa shape index (κ1) is 13.5. The second-order valence-electron chi connectivity index (χ2n) is 5.30. The van der Waals surface area contributed by atoms with E-state index in [1.54, 1.807) is 0 Å². The third-order valence-electron chi connectivity index (χ3n) is 3.77. The summed E-state index contributed by atoms with van der Waals surface area (Å²) in [4.78, 5) is 0. The summed E-state index contributed by atoms with van der Waals surface area (Å²) in [5.41, 5.74) is 2.33. The smallest absolute Gasteiger partial charge is 0.248 e. The van der Waals surface area contributed by atoms with Crippen molar-refractivity contribution < 1.29 is 8.78 Å². The van der Waals surface area contributed by atoms with Crippen LogP contribution in [0.3, 0.4) is 0 Å². The van der Waals surface area contributed by atoms with Gasteiger partial charge in [0.1, 0.15) is 0 Å². The number of rotatable bonds is 4. The molecule has 0 aromatic heterocycles. The van der Waals surface area contributed by atoms with E-state index in [1.807, 2.05) is 26.0 Å². The predicted molar refractivity (Wildman–Crippen MR) is 69.9 cm³/mol. The Morgan fingerprint density at radius 2 is 2.00 bits per heavy atom. The summed E-state index contributed by atoms with van der Waals surface area (Å²) in [5, 5.41) is 3.36. The highest BCUT2D eigenvalue weighted by Gasteiger charge is 2.42. The van der Waals surface area contributed by atoms with Gasteiger partial charge >= 0.3 is 0 Å². The molecule has 1 aliphatic rings. The fraction of sp³-hybridized carbons (Fsp3) is 0.600. The first-order valence-corrected chi connectivity index (χ1v) is 6.69. The Kier molecular flexibility index (Phi) is 4.00. The van der Waals surface area contributed by atoms with Crippen molar-refractivity contribution in [3.63, 3.8) is 0 Å². The molecule has 1 aromatic rings. The second-order valence-corrected chi connectivity index (χ2v) is 5.30. The Morgan fingerprint density at radius 3 is 2.50 bits per heavy atom. The van der Waals surface area contributed by atoms with Crippen molar-refractivity contribution in [3.8, 4) is 0 Å². The minimum atomic E-state index is -2.47. The molecular weight excluding hydrogens is 232 g/mol. The summed E-state index contributed by atoms with van der Waals surface area (Å²) >= 11 is 0. The minimum absolute atomic E-state index is 0.0124. The highest BCUT2D eigenvalue weighted by Crippen LogP contribution is 2.44. The predicted octanol–water partition coefficient (Wildman–Crippen LogP) is 4.08. The quantitative estimate of drug-likeness (QED) is 0.852. The van der Waals surface area contributed by atoms with Gasteiger partial charge in [-0.25, -0.2) is 8.78 Å². The number of aryl methyl sites for hydroxylation is 1. The van der Waals surface area contributed by atoms with Crippen LogP contribution in [0, 0.1) is 12.8 Å². The fourth-order valence-electron chi connectivity index (χ4n) is 2.82. The van der Waals surface area contributed by atoms with Gasteiger partial charge in [-0.3, -0.25) is 0 Å². The minimum Gasteiger partial charge on any atom is -0.310 e. The van der Waals surface area contributed by atoms with E-state index in [1.165, 1.54) is 5.56 Å². The van der Waals surface area contributed by atoms with E-state index < -0.39 is 5.92 Å². The SMILES string of the molecule is CCNC(c1ccc(C)cc1)C1CCC(F)(F)C1. The number of nitrogens with one attached hydrogen (secondary N) is 1. The Labute approximate surface area is 108 Å². The Balaban J connectivity index is 2.16. The van der Waals surface area contributed by atoms with Gasteiger partial charge in [0.05, 0.1) is 0 Å². The lowest BCUT2D eigenvalue weighted by atomic mass is 9.91. The van der Waals surface area contributed by atoms with Crippen LogP contribution in [-0.4, -0.2) is 12.5 Å². The van der Waals surface area contributed by atoms with Crippen molar-refractivity contribution in [2.45, 2.75) is 45.1 Å². The standard InChI is InChI=1S/C15H21F2N/c1-3-18-14(12-6-4-11(2)5-7-12)13-8-9-15(16,17)10-13/h4-7,13-14,18H,3,8-10H2,1-2H3. The van der Waals surface area contributed by atoms with Gasteiger partial charge in [-0.05, 0) is 31.4 Å². The number of halogens is 2. The lowest BCUT2D eigenvalue weighted by molar-refractivity contribution is 0.00329. The van der Waals surface area contributed by atoms with E-state index in [9.17, 15) is 8.78 Å². The summed E-state index contributed by atoms with van der Waals surface area (Å²) in [6.45, 7) is 4.87. The molecular formula is C15H21F2N. The molecule has 2 atom stereocenters. The van der Waals surface area contributed by atoms with Gasteiger partial charge in [0, 0.05) is 18.9 Å².